The quantitative estimate of drug-likeness (QED) is 0.871. The van der Waals surface area contributed by atoms with E-state index in [-0.39, 0.29) is 12.2 Å². The Balaban J connectivity index is 1.85. The Morgan fingerprint density at radius 2 is 2.20 bits per heavy atom. The molecule has 0 atom stereocenters. The number of alkyl halides is 2. The van der Waals surface area contributed by atoms with Crippen molar-refractivity contribution in [1.29, 1.82) is 0 Å². The molecule has 1 aliphatic heterocycles. The third kappa shape index (κ3) is 3.74. The second-order valence-corrected chi connectivity index (χ2v) is 5.32. The predicted molar refractivity (Wildman–Crippen MR) is 68.7 cm³/mol. The van der Waals surface area contributed by atoms with E-state index in [1.54, 1.807) is 12.1 Å². The van der Waals surface area contributed by atoms with Gasteiger partial charge in [-0.15, -0.1) is 0 Å². The van der Waals surface area contributed by atoms with Crippen molar-refractivity contribution in [2.75, 3.05) is 19.7 Å². The summed E-state index contributed by atoms with van der Waals surface area (Å²) in [5.74, 6) is -0.991. The van der Waals surface area contributed by atoms with E-state index >= 15 is 0 Å². The molecule has 0 unspecified atom stereocenters. The zero-order chi connectivity index (χ0) is 14.8. The van der Waals surface area contributed by atoms with Crippen LogP contribution in [0.4, 0.5) is 8.78 Å². The van der Waals surface area contributed by atoms with E-state index in [0.717, 1.165) is 5.56 Å². The molecule has 0 saturated carbocycles. The fourth-order valence-corrected chi connectivity index (χ4v) is 2.42. The third-order valence-electron chi connectivity index (χ3n) is 3.27. The van der Waals surface area contributed by atoms with Crippen molar-refractivity contribution in [2.45, 2.75) is 25.5 Å². The lowest BCUT2D eigenvalue weighted by Crippen LogP contribution is -2.61. The topological polar surface area (TPSA) is 49.8 Å². The van der Waals surface area contributed by atoms with Crippen LogP contribution in [0.5, 0.6) is 0 Å². The summed E-state index contributed by atoms with van der Waals surface area (Å²) in [5.41, 5.74) is 0.384. The largest absolute Gasteiger partial charge is 0.480 e. The molecule has 1 aromatic carbocycles. The van der Waals surface area contributed by atoms with Crippen LogP contribution < -0.4 is 0 Å². The van der Waals surface area contributed by atoms with Crippen LogP contribution in [0.15, 0.2) is 24.3 Å². The molecule has 0 radical (unpaired) electrons. The van der Waals surface area contributed by atoms with E-state index in [1.807, 2.05) is 11.8 Å². The monoisotopic (exact) mass is 285 g/mol. The Labute approximate surface area is 116 Å². The van der Waals surface area contributed by atoms with Gasteiger partial charge in [0, 0.05) is 25.2 Å². The van der Waals surface area contributed by atoms with Crippen molar-refractivity contribution in [1.82, 2.24) is 4.90 Å². The normalized spacial score (nSPS) is 18.0. The number of aliphatic carboxylic acids is 1. The molecule has 6 heteroatoms. The van der Waals surface area contributed by atoms with Gasteiger partial charge in [-0.25, -0.2) is 13.6 Å². The molecular formula is C14H17F2NO3. The molecule has 0 spiro atoms. The maximum absolute atomic E-state index is 12.6. The molecule has 0 bridgehead atoms. The van der Waals surface area contributed by atoms with Crippen LogP contribution in [-0.2, 0) is 16.1 Å². The molecule has 0 aliphatic carbocycles. The van der Waals surface area contributed by atoms with Crippen LogP contribution in [0.1, 0.15) is 24.5 Å². The van der Waals surface area contributed by atoms with Crippen molar-refractivity contribution in [3.63, 3.8) is 0 Å². The van der Waals surface area contributed by atoms with E-state index in [4.69, 9.17) is 9.84 Å². The highest BCUT2D eigenvalue weighted by Gasteiger charge is 2.39. The molecule has 4 nitrogen and oxygen atoms in total. The smallest absolute Gasteiger partial charge is 0.329 e. The Kier molecular flexibility index (Phi) is 4.35. The number of benzene rings is 1. The SMILES string of the molecule is CC1(OCC(=O)O)CN(Cc2cccc(C(F)F)c2)C1. The number of likely N-dealkylation sites (tertiary alicyclic amines) is 1. The highest BCUT2D eigenvalue weighted by atomic mass is 19.3. The number of carboxylic acid groups (broad SMARTS) is 1. The van der Waals surface area contributed by atoms with Gasteiger partial charge in [-0.2, -0.15) is 0 Å². The van der Waals surface area contributed by atoms with Gasteiger partial charge in [-0.3, -0.25) is 4.90 Å². The number of carboxylic acids is 1. The Morgan fingerprint density at radius 3 is 2.80 bits per heavy atom. The molecule has 1 aliphatic rings. The minimum Gasteiger partial charge on any atom is -0.480 e. The third-order valence-corrected chi connectivity index (χ3v) is 3.27. The van der Waals surface area contributed by atoms with Crippen molar-refractivity contribution < 1.29 is 23.4 Å². The van der Waals surface area contributed by atoms with Gasteiger partial charge in [0.15, 0.2) is 0 Å². The molecule has 1 aromatic rings. The Bertz CT molecular complexity index is 487. The standard InChI is InChI=1S/C14H17F2NO3/c1-14(20-7-12(18)19)8-17(9-14)6-10-3-2-4-11(5-10)13(15)16/h2-5,13H,6-9H2,1H3,(H,18,19). The summed E-state index contributed by atoms with van der Waals surface area (Å²) >= 11 is 0. The number of hydrogen-bond donors (Lipinski definition) is 1. The first-order chi connectivity index (χ1) is 9.38. The van der Waals surface area contributed by atoms with Crippen molar-refractivity contribution in [3.05, 3.63) is 35.4 Å². The average Bonchev–Trinajstić information content (AvgIpc) is 2.35. The minimum atomic E-state index is -2.46. The van der Waals surface area contributed by atoms with Gasteiger partial charge >= 0.3 is 5.97 Å². The second-order valence-electron chi connectivity index (χ2n) is 5.32. The van der Waals surface area contributed by atoms with Crippen molar-refractivity contribution >= 4 is 5.97 Å². The summed E-state index contributed by atoms with van der Waals surface area (Å²) in [6.45, 7) is 3.29. The van der Waals surface area contributed by atoms with Crippen LogP contribution in [0.25, 0.3) is 0 Å². The van der Waals surface area contributed by atoms with Gasteiger partial charge < -0.3 is 9.84 Å². The van der Waals surface area contributed by atoms with E-state index in [9.17, 15) is 13.6 Å². The van der Waals surface area contributed by atoms with E-state index in [2.05, 4.69) is 0 Å². The lowest BCUT2D eigenvalue weighted by molar-refractivity contribution is -0.165. The van der Waals surface area contributed by atoms with Crippen LogP contribution in [0, 0.1) is 0 Å². The second kappa shape index (κ2) is 5.85. The van der Waals surface area contributed by atoms with Crippen LogP contribution in [-0.4, -0.2) is 41.3 Å². The Hall–Kier alpha value is -1.53. The van der Waals surface area contributed by atoms with Gasteiger partial charge in [-0.1, -0.05) is 18.2 Å². The molecule has 1 fully saturated rings. The molecule has 1 heterocycles. The van der Waals surface area contributed by atoms with E-state index in [1.165, 1.54) is 12.1 Å². The zero-order valence-electron chi connectivity index (χ0n) is 11.2. The lowest BCUT2D eigenvalue weighted by atomic mass is 9.95. The first-order valence-corrected chi connectivity index (χ1v) is 6.33. The van der Waals surface area contributed by atoms with Crippen molar-refractivity contribution in [3.8, 4) is 0 Å². The maximum atomic E-state index is 12.6. The van der Waals surface area contributed by atoms with Gasteiger partial charge in [0.05, 0.1) is 5.60 Å². The first kappa shape index (κ1) is 14.9. The highest BCUT2D eigenvalue weighted by Crippen LogP contribution is 2.27. The maximum Gasteiger partial charge on any atom is 0.329 e. The van der Waals surface area contributed by atoms with Crippen LogP contribution in [0.2, 0.25) is 0 Å². The van der Waals surface area contributed by atoms with Crippen molar-refractivity contribution in [2.24, 2.45) is 0 Å². The summed E-state index contributed by atoms with van der Waals surface area (Å²) in [6, 6.07) is 6.33. The highest BCUT2D eigenvalue weighted by molar-refractivity contribution is 5.68. The lowest BCUT2D eigenvalue weighted by Gasteiger charge is -2.47. The summed E-state index contributed by atoms with van der Waals surface area (Å²) in [4.78, 5) is 12.5. The zero-order valence-corrected chi connectivity index (χ0v) is 11.2. The Morgan fingerprint density at radius 1 is 1.50 bits per heavy atom. The molecule has 0 amide bonds. The van der Waals surface area contributed by atoms with Gasteiger partial charge in [0.25, 0.3) is 6.43 Å². The summed E-state index contributed by atoms with van der Waals surface area (Å²) in [7, 11) is 0. The van der Waals surface area contributed by atoms with Gasteiger partial charge in [0.2, 0.25) is 0 Å². The van der Waals surface area contributed by atoms with Crippen LogP contribution in [0.3, 0.4) is 0 Å². The number of rotatable bonds is 6. The fourth-order valence-electron chi connectivity index (χ4n) is 2.42. The molecule has 0 aromatic heterocycles. The summed E-state index contributed by atoms with van der Waals surface area (Å²) < 4.78 is 30.5. The predicted octanol–water partition coefficient (Wildman–Crippen LogP) is 2.30. The minimum absolute atomic E-state index is 0.0212. The van der Waals surface area contributed by atoms with E-state index in [0.29, 0.717) is 19.6 Å². The van der Waals surface area contributed by atoms with Gasteiger partial charge in [-0.05, 0) is 18.6 Å². The number of halogens is 2. The molecule has 1 saturated heterocycles. The van der Waals surface area contributed by atoms with E-state index < -0.39 is 18.0 Å². The first-order valence-electron chi connectivity index (χ1n) is 6.33. The molecule has 2 rings (SSSR count). The molecular weight excluding hydrogens is 268 g/mol. The average molecular weight is 285 g/mol. The number of nitrogens with zero attached hydrogens (tertiary/aromatic N) is 1. The molecule has 1 N–H and O–H groups in total. The molecule has 20 heavy (non-hydrogen) atoms. The summed E-state index contributed by atoms with van der Waals surface area (Å²) in [6.07, 6.45) is -2.46. The van der Waals surface area contributed by atoms with Gasteiger partial charge in [0.1, 0.15) is 6.61 Å². The number of ether oxygens (including phenoxy) is 1. The number of hydrogen-bond acceptors (Lipinski definition) is 3. The number of carbonyl (C=O) groups is 1. The van der Waals surface area contributed by atoms with Crippen LogP contribution >= 0.6 is 0 Å². The fraction of sp³-hybridized carbons (Fsp3) is 0.500. The summed E-state index contributed by atoms with van der Waals surface area (Å²) in [5, 5.41) is 8.57. The molecule has 110 valence electrons.